The third-order valence-electron chi connectivity index (χ3n) is 5.37. The second-order valence-electron chi connectivity index (χ2n) is 7.45. The molecule has 2 aromatic carbocycles. The molecule has 0 aromatic heterocycles. The van der Waals surface area contributed by atoms with E-state index in [0.717, 1.165) is 29.6 Å². The molecule has 3 rings (SSSR count). The van der Waals surface area contributed by atoms with Gasteiger partial charge in [-0.05, 0) is 61.6 Å². The van der Waals surface area contributed by atoms with Crippen LogP contribution in [0, 0.1) is 5.82 Å². The SMILES string of the molecule is COc1cc(C[NH2+]C2CCCCCCC2)ccc1OCc1ccc(F)cc1. The first-order valence-electron chi connectivity index (χ1n) is 10.1. The molecule has 4 heteroatoms. The van der Waals surface area contributed by atoms with Gasteiger partial charge in [-0.2, -0.15) is 0 Å². The van der Waals surface area contributed by atoms with Crippen molar-refractivity contribution in [3.8, 4) is 11.5 Å². The van der Waals surface area contributed by atoms with Crippen molar-refractivity contribution in [1.82, 2.24) is 0 Å². The number of quaternary nitrogens is 1. The lowest BCUT2D eigenvalue weighted by molar-refractivity contribution is -0.706. The predicted molar refractivity (Wildman–Crippen MR) is 105 cm³/mol. The molecule has 0 bridgehead atoms. The molecule has 2 aromatic rings. The highest BCUT2D eigenvalue weighted by atomic mass is 19.1. The summed E-state index contributed by atoms with van der Waals surface area (Å²) in [7, 11) is 1.67. The van der Waals surface area contributed by atoms with Gasteiger partial charge < -0.3 is 14.8 Å². The monoisotopic (exact) mass is 372 g/mol. The number of halogens is 1. The van der Waals surface area contributed by atoms with Crippen LogP contribution in [0.5, 0.6) is 11.5 Å². The summed E-state index contributed by atoms with van der Waals surface area (Å²) < 4.78 is 24.4. The normalized spacial score (nSPS) is 15.8. The molecule has 0 unspecified atom stereocenters. The predicted octanol–water partition coefficient (Wildman–Crippen LogP) is 4.59. The topological polar surface area (TPSA) is 35.1 Å². The second kappa shape index (κ2) is 10.3. The number of rotatable bonds is 7. The van der Waals surface area contributed by atoms with E-state index in [0.29, 0.717) is 6.61 Å². The summed E-state index contributed by atoms with van der Waals surface area (Å²) in [6.45, 7) is 1.36. The lowest BCUT2D eigenvalue weighted by Crippen LogP contribution is -2.88. The minimum absolute atomic E-state index is 0.235. The molecule has 146 valence electrons. The smallest absolute Gasteiger partial charge is 0.161 e. The van der Waals surface area contributed by atoms with Gasteiger partial charge in [0.05, 0.1) is 13.2 Å². The number of benzene rings is 2. The molecular weight excluding hydrogens is 341 g/mol. The van der Waals surface area contributed by atoms with E-state index in [1.54, 1.807) is 19.2 Å². The van der Waals surface area contributed by atoms with Crippen LogP contribution < -0.4 is 14.8 Å². The molecular formula is C23H31FNO2+. The summed E-state index contributed by atoms with van der Waals surface area (Å²) in [5.74, 6) is 1.23. The zero-order chi connectivity index (χ0) is 18.9. The van der Waals surface area contributed by atoms with Crippen molar-refractivity contribution >= 4 is 0 Å². The molecule has 0 saturated heterocycles. The largest absolute Gasteiger partial charge is 0.493 e. The van der Waals surface area contributed by atoms with Gasteiger partial charge in [0.2, 0.25) is 0 Å². The Morgan fingerprint density at radius 3 is 2.26 bits per heavy atom. The van der Waals surface area contributed by atoms with Gasteiger partial charge >= 0.3 is 0 Å². The summed E-state index contributed by atoms with van der Waals surface area (Å²) >= 11 is 0. The first kappa shape index (κ1) is 19.7. The van der Waals surface area contributed by atoms with E-state index in [4.69, 9.17) is 9.47 Å². The van der Waals surface area contributed by atoms with Crippen molar-refractivity contribution in [3.63, 3.8) is 0 Å². The van der Waals surface area contributed by atoms with Gasteiger partial charge in [0.1, 0.15) is 19.0 Å². The van der Waals surface area contributed by atoms with Gasteiger partial charge in [-0.15, -0.1) is 0 Å². The van der Waals surface area contributed by atoms with Crippen LogP contribution in [0.15, 0.2) is 42.5 Å². The van der Waals surface area contributed by atoms with Crippen LogP contribution in [0.3, 0.4) is 0 Å². The van der Waals surface area contributed by atoms with Gasteiger partial charge in [0, 0.05) is 5.56 Å². The Labute approximate surface area is 161 Å². The Hall–Kier alpha value is -2.07. The maximum atomic E-state index is 13.0. The van der Waals surface area contributed by atoms with Crippen LogP contribution in [-0.4, -0.2) is 13.2 Å². The first-order valence-corrected chi connectivity index (χ1v) is 10.1. The summed E-state index contributed by atoms with van der Waals surface area (Å²) in [5, 5.41) is 2.49. The fraction of sp³-hybridized carbons (Fsp3) is 0.478. The Balaban J connectivity index is 1.55. The van der Waals surface area contributed by atoms with Gasteiger partial charge in [-0.1, -0.05) is 31.4 Å². The van der Waals surface area contributed by atoms with Crippen molar-refractivity contribution in [2.45, 2.75) is 64.1 Å². The first-order chi connectivity index (χ1) is 13.2. The standard InChI is InChI=1S/C23H30FNO2/c1-26-23-15-19(16-25-21-7-5-3-2-4-6-8-21)11-14-22(23)27-17-18-9-12-20(24)13-10-18/h9-15,21,25H,2-8,16-17H2,1H3/p+1. The Bertz CT molecular complexity index is 694. The van der Waals surface area contributed by atoms with Crippen LogP contribution in [0.2, 0.25) is 0 Å². The van der Waals surface area contributed by atoms with E-state index in [2.05, 4.69) is 17.4 Å². The molecule has 0 heterocycles. The Morgan fingerprint density at radius 2 is 1.56 bits per heavy atom. The lowest BCUT2D eigenvalue weighted by Gasteiger charge is -2.18. The quantitative estimate of drug-likeness (QED) is 0.771. The summed E-state index contributed by atoms with van der Waals surface area (Å²) in [5.41, 5.74) is 2.18. The zero-order valence-electron chi connectivity index (χ0n) is 16.3. The van der Waals surface area contributed by atoms with Crippen molar-refractivity contribution in [3.05, 3.63) is 59.4 Å². The third-order valence-corrected chi connectivity index (χ3v) is 5.37. The maximum Gasteiger partial charge on any atom is 0.161 e. The van der Waals surface area contributed by atoms with Crippen molar-refractivity contribution < 1.29 is 19.2 Å². The maximum absolute atomic E-state index is 13.0. The van der Waals surface area contributed by atoms with E-state index in [1.807, 2.05) is 6.07 Å². The lowest BCUT2D eigenvalue weighted by atomic mass is 9.96. The molecule has 2 N–H and O–H groups in total. The van der Waals surface area contributed by atoms with E-state index in [-0.39, 0.29) is 5.82 Å². The van der Waals surface area contributed by atoms with Gasteiger partial charge in [0.25, 0.3) is 0 Å². The average Bonchev–Trinajstić information content (AvgIpc) is 2.67. The number of hydrogen-bond donors (Lipinski definition) is 1. The fourth-order valence-electron chi connectivity index (χ4n) is 3.73. The van der Waals surface area contributed by atoms with Crippen molar-refractivity contribution in [2.75, 3.05) is 7.11 Å². The number of nitrogens with two attached hydrogens (primary N) is 1. The molecule has 1 aliphatic rings. The van der Waals surface area contributed by atoms with Crippen molar-refractivity contribution in [2.24, 2.45) is 0 Å². The average molecular weight is 373 g/mol. The third kappa shape index (κ3) is 6.24. The van der Waals surface area contributed by atoms with Gasteiger partial charge in [0.15, 0.2) is 11.5 Å². The highest BCUT2D eigenvalue weighted by Crippen LogP contribution is 2.28. The number of hydrogen-bond acceptors (Lipinski definition) is 2. The van der Waals surface area contributed by atoms with Crippen molar-refractivity contribution in [1.29, 1.82) is 0 Å². The summed E-state index contributed by atoms with van der Waals surface area (Å²) in [6.07, 6.45) is 9.56. The highest BCUT2D eigenvalue weighted by Gasteiger charge is 2.15. The highest BCUT2D eigenvalue weighted by molar-refractivity contribution is 5.42. The van der Waals surface area contributed by atoms with E-state index >= 15 is 0 Å². The number of ether oxygens (including phenoxy) is 2. The van der Waals surface area contributed by atoms with E-state index < -0.39 is 0 Å². The molecule has 0 radical (unpaired) electrons. The molecule has 3 nitrogen and oxygen atoms in total. The van der Waals surface area contributed by atoms with Gasteiger partial charge in [-0.3, -0.25) is 0 Å². The van der Waals surface area contributed by atoms with Crippen LogP contribution in [0.4, 0.5) is 4.39 Å². The molecule has 0 spiro atoms. The second-order valence-corrected chi connectivity index (χ2v) is 7.45. The summed E-state index contributed by atoms with van der Waals surface area (Å²) in [4.78, 5) is 0. The minimum atomic E-state index is -0.235. The molecule has 1 fully saturated rings. The molecule has 27 heavy (non-hydrogen) atoms. The minimum Gasteiger partial charge on any atom is -0.493 e. The molecule has 0 amide bonds. The fourth-order valence-corrected chi connectivity index (χ4v) is 3.73. The molecule has 0 aliphatic heterocycles. The van der Waals surface area contributed by atoms with Crippen LogP contribution >= 0.6 is 0 Å². The molecule has 0 atom stereocenters. The van der Waals surface area contributed by atoms with Crippen LogP contribution in [0.1, 0.15) is 56.1 Å². The van der Waals surface area contributed by atoms with E-state index in [1.165, 1.54) is 62.6 Å². The molecule has 1 aliphatic carbocycles. The van der Waals surface area contributed by atoms with Gasteiger partial charge in [-0.25, -0.2) is 4.39 Å². The summed E-state index contributed by atoms with van der Waals surface area (Å²) in [6, 6.07) is 13.3. The van der Waals surface area contributed by atoms with Crippen LogP contribution in [-0.2, 0) is 13.2 Å². The Morgan fingerprint density at radius 1 is 0.889 bits per heavy atom. The Kier molecular flexibility index (Phi) is 7.52. The molecule has 1 saturated carbocycles. The van der Waals surface area contributed by atoms with E-state index in [9.17, 15) is 4.39 Å². The van der Waals surface area contributed by atoms with Crippen LogP contribution in [0.25, 0.3) is 0 Å². The number of methoxy groups -OCH3 is 1. The zero-order valence-corrected chi connectivity index (χ0v) is 16.3.